The van der Waals surface area contributed by atoms with Crippen LogP contribution in [0.3, 0.4) is 0 Å². The largest absolute Gasteiger partial charge is 0.339 e. The van der Waals surface area contributed by atoms with Gasteiger partial charge in [-0.05, 0) is 49.8 Å². The van der Waals surface area contributed by atoms with Gasteiger partial charge in [0.1, 0.15) is 5.78 Å². The maximum absolute atomic E-state index is 13.2. The number of amides is 1. The number of aromatic nitrogens is 2. The third-order valence-electron chi connectivity index (χ3n) is 6.36. The summed E-state index contributed by atoms with van der Waals surface area (Å²) < 4.78 is 1.70. The lowest BCUT2D eigenvalue weighted by molar-refractivity contribution is -0.142. The number of fused-ring (bicyclic) bond motifs is 2. The van der Waals surface area contributed by atoms with Gasteiger partial charge in [-0.3, -0.25) is 14.3 Å². The summed E-state index contributed by atoms with van der Waals surface area (Å²) >= 11 is 12.7. The lowest BCUT2D eigenvalue weighted by atomic mass is 9.70. The Morgan fingerprint density at radius 2 is 2.07 bits per heavy atom. The number of halogens is 2. The van der Waals surface area contributed by atoms with E-state index < -0.39 is 0 Å². The van der Waals surface area contributed by atoms with Crippen LogP contribution in [0.25, 0.3) is 10.9 Å². The van der Waals surface area contributed by atoms with Crippen LogP contribution in [0.2, 0.25) is 10.2 Å². The van der Waals surface area contributed by atoms with Gasteiger partial charge in [-0.2, -0.15) is 5.10 Å². The number of Topliss-reactive ketones (excluding diaryl/α,β-unsaturated/α-hetero) is 1. The van der Waals surface area contributed by atoms with Crippen LogP contribution in [-0.4, -0.2) is 39.0 Å². The first-order valence-electron chi connectivity index (χ1n) is 9.50. The monoisotopic (exact) mass is 407 g/mol. The molecule has 1 saturated carbocycles. The van der Waals surface area contributed by atoms with Crippen LogP contribution in [0, 0.1) is 11.8 Å². The van der Waals surface area contributed by atoms with Gasteiger partial charge in [0.2, 0.25) is 5.91 Å². The molecule has 0 radical (unpaired) electrons. The molecular formula is C20H23Cl2N3O2. The SMILES string of the molecule is C[C@H]1[C@H]2CCCC(=O)[C@@H]2CCN1C(=O)Cc1c(Cl)ccc2c1c(Cl)nn2C. The lowest BCUT2D eigenvalue weighted by Gasteiger charge is -2.45. The molecule has 5 nitrogen and oxygen atoms in total. The topological polar surface area (TPSA) is 55.2 Å². The Bertz CT molecular complexity index is 924. The van der Waals surface area contributed by atoms with Crippen molar-refractivity contribution in [2.24, 2.45) is 18.9 Å². The Labute approximate surface area is 168 Å². The number of benzene rings is 1. The summed E-state index contributed by atoms with van der Waals surface area (Å²) in [6.45, 7) is 2.70. The number of likely N-dealkylation sites (tertiary alicyclic amines) is 1. The highest BCUT2D eigenvalue weighted by molar-refractivity contribution is 6.37. The predicted octanol–water partition coefficient (Wildman–Crippen LogP) is 4.03. The Balaban J connectivity index is 1.61. The van der Waals surface area contributed by atoms with Gasteiger partial charge in [0.15, 0.2) is 5.15 Å². The fourth-order valence-electron chi connectivity index (χ4n) is 4.93. The van der Waals surface area contributed by atoms with E-state index in [0.29, 0.717) is 28.9 Å². The van der Waals surface area contributed by atoms with Gasteiger partial charge in [-0.25, -0.2) is 0 Å². The van der Waals surface area contributed by atoms with Crippen LogP contribution in [0.4, 0.5) is 0 Å². The molecule has 1 aliphatic carbocycles. The Morgan fingerprint density at radius 1 is 1.30 bits per heavy atom. The lowest BCUT2D eigenvalue weighted by Crippen LogP contribution is -2.53. The Morgan fingerprint density at radius 3 is 2.85 bits per heavy atom. The van der Waals surface area contributed by atoms with E-state index >= 15 is 0 Å². The normalized spacial score (nSPS) is 25.7. The molecule has 0 N–H and O–H groups in total. The molecule has 1 saturated heterocycles. The third-order valence-corrected chi connectivity index (χ3v) is 6.98. The second-order valence-electron chi connectivity index (χ2n) is 7.76. The molecule has 3 atom stereocenters. The summed E-state index contributed by atoms with van der Waals surface area (Å²) in [7, 11) is 1.82. The van der Waals surface area contributed by atoms with E-state index in [9.17, 15) is 9.59 Å². The molecule has 0 spiro atoms. The molecule has 0 bridgehead atoms. The zero-order chi connectivity index (χ0) is 19.3. The average Bonchev–Trinajstić information content (AvgIpc) is 2.92. The molecule has 0 unspecified atom stereocenters. The first-order chi connectivity index (χ1) is 12.9. The van der Waals surface area contributed by atoms with Gasteiger partial charge in [0.25, 0.3) is 0 Å². The summed E-state index contributed by atoms with van der Waals surface area (Å²) in [5, 5.41) is 5.89. The molecule has 1 aromatic carbocycles. The maximum atomic E-state index is 13.2. The Kier molecular flexibility index (Phi) is 4.93. The quantitative estimate of drug-likeness (QED) is 0.754. The fourth-order valence-corrected chi connectivity index (χ4v) is 5.47. The number of carbonyl (C=O) groups excluding carboxylic acids is 2. The molecule has 1 aromatic heterocycles. The molecule has 2 fully saturated rings. The van der Waals surface area contributed by atoms with Crippen LogP contribution in [0.5, 0.6) is 0 Å². The number of aryl methyl sites for hydroxylation is 1. The van der Waals surface area contributed by atoms with E-state index in [1.807, 2.05) is 18.0 Å². The van der Waals surface area contributed by atoms with Crippen molar-refractivity contribution in [2.75, 3.05) is 6.54 Å². The minimum absolute atomic E-state index is 0.0355. The van der Waals surface area contributed by atoms with Crippen LogP contribution in [-0.2, 0) is 23.1 Å². The molecule has 2 heterocycles. The third kappa shape index (κ3) is 3.15. The summed E-state index contributed by atoms with van der Waals surface area (Å²) in [4.78, 5) is 27.3. The van der Waals surface area contributed by atoms with Crippen LogP contribution >= 0.6 is 23.2 Å². The van der Waals surface area contributed by atoms with Crippen molar-refractivity contribution in [1.29, 1.82) is 0 Å². The zero-order valence-corrected chi connectivity index (χ0v) is 17.1. The van der Waals surface area contributed by atoms with E-state index in [4.69, 9.17) is 23.2 Å². The van der Waals surface area contributed by atoms with Gasteiger partial charge in [0.05, 0.1) is 11.9 Å². The van der Waals surface area contributed by atoms with Crippen molar-refractivity contribution in [3.8, 4) is 0 Å². The summed E-state index contributed by atoms with van der Waals surface area (Å²) in [6.07, 6.45) is 3.61. The van der Waals surface area contributed by atoms with Crippen LogP contribution in [0.15, 0.2) is 12.1 Å². The highest BCUT2D eigenvalue weighted by Gasteiger charge is 2.42. The van der Waals surface area contributed by atoms with Crippen molar-refractivity contribution < 1.29 is 9.59 Å². The van der Waals surface area contributed by atoms with Gasteiger partial charge in [0, 0.05) is 42.4 Å². The van der Waals surface area contributed by atoms with Crippen molar-refractivity contribution in [3.05, 3.63) is 27.9 Å². The number of ketones is 1. The Hall–Kier alpha value is -1.59. The predicted molar refractivity (Wildman–Crippen MR) is 106 cm³/mol. The van der Waals surface area contributed by atoms with E-state index in [0.717, 1.165) is 35.7 Å². The minimum atomic E-state index is 0.0355. The van der Waals surface area contributed by atoms with Crippen molar-refractivity contribution in [1.82, 2.24) is 14.7 Å². The smallest absolute Gasteiger partial charge is 0.227 e. The number of hydrogen-bond acceptors (Lipinski definition) is 3. The van der Waals surface area contributed by atoms with E-state index in [1.54, 1.807) is 10.7 Å². The summed E-state index contributed by atoms with van der Waals surface area (Å²) in [5.74, 6) is 0.809. The molecule has 144 valence electrons. The highest BCUT2D eigenvalue weighted by Crippen LogP contribution is 2.39. The summed E-state index contributed by atoms with van der Waals surface area (Å²) in [5.41, 5.74) is 1.59. The van der Waals surface area contributed by atoms with Gasteiger partial charge in [-0.15, -0.1) is 0 Å². The van der Waals surface area contributed by atoms with E-state index in [2.05, 4.69) is 12.0 Å². The number of piperidine rings is 1. The molecule has 4 rings (SSSR count). The van der Waals surface area contributed by atoms with E-state index in [1.165, 1.54) is 0 Å². The molecule has 1 amide bonds. The van der Waals surface area contributed by atoms with Crippen LogP contribution < -0.4 is 0 Å². The number of hydrogen-bond donors (Lipinski definition) is 0. The molecular weight excluding hydrogens is 385 g/mol. The average molecular weight is 408 g/mol. The van der Waals surface area contributed by atoms with Crippen molar-refractivity contribution >= 4 is 45.8 Å². The van der Waals surface area contributed by atoms with Gasteiger partial charge < -0.3 is 4.90 Å². The molecule has 27 heavy (non-hydrogen) atoms. The molecule has 7 heteroatoms. The fraction of sp³-hybridized carbons (Fsp3) is 0.550. The first kappa shape index (κ1) is 18.8. The van der Waals surface area contributed by atoms with E-state index in [-0.39, 0.29) is 30.2 Å². The summed E-state index contributed by atoms with van der Waals surface area (Å²) in [6, 6.07) is 3.73. The van der Waals surface area contributed by atoms with Gasteiger partial charge in [-0.1, -0.05) is 23.2 Å². The minimum Gasteiger partial charge on any atom is -0.339 e. The first-order valence-corrected chi connectivity index (χ1v) is 10.3. The second kappa shape index (κ2) is 7.10. The number of nitrogens with zero attached hydrogens (tertiary/aromatic N) is 3. The zero-order valence-electron chi connectivity index (χ0n) is 15.5. The number of carbonyl (C=O) groups is 2. The maximum Gasteiger partial charge on any atom is 0.227 e. The van der Waals surface area contributed by atoms with Gasteiger partial charge >= 0.3 is 0 Å². The number of rotatable bonds is 2. The van der Waals surface area contributed by atoms with Crippen molar-refractivity contribution in [2.45, 2.75) is 45.1 Å². The standard InChI is InChI=1S/C20H23Cl2N3O2/c1-11-12-4-3-5-17(26)13(12)8-9-25(11)18(27)10-14-15(21)6-7-16-19(14)20(22)23-24(16)2/h6-7,11-13H,3-5,8-10H2,1-2H3/t11-,12+,13+/m0/s1. The second-order valence-corrected chi connectivity index (χ2v) is 8.52. The molecule has 2 aliphatic rings. The molecule has 1 aliphatic heterocycles. The highest BCUT2D eigenvalue weighted by atomic mass is 35.5. The van der Waals surface area contributed by atoms with Crippen LogP contribution in [0.1, 0.15) is 38.2 Å². The molecule has 2 aromatic rings. The van der Waals surface area contributed by atoms with Crippen molar-refractivity contribution in [3.63, 3.8) is 0 Å².